The van der Waals surface area contributed by atoms with Gasteiger partial charge in [0.15, 0.2) is 0 Å². The fraction of sp³-hybridized carbons (Fsp3) is 0.857. The summed E-state index contributed by atoms with van der Waals surface area (Å²) in [5, 5.41) is 22.2. The maximum atomic E-state index is 12.3. The molecule has 114 valence electrons. The number of carbonyl (C=O) groups is 2. The minimum atomic E-state index is -1.13. The minimum Gasteiger partial charge on any atom is -0.480 e. The molecule has 1 saturated heterocycles. The molecule has 0 aromatic rings. The average Bonchev–Trinajstić information content (AvgIpc) is 2.38. The number of urea groups is 1. The van der Waals surface area contributed by atoms with Crippen LogP contribution in [0.15, 0.2) is 0 Å². The zero-order valence-corrected chi connectivity index (χ0v) is 12.0. The van der Waals surface area contributed by atoms with Crippen molar-refractivity contribution in [3.63, 3.8) is 0 Å². The van der Waals surface area contributed by atoms with Crippen LogP contribution in [0, 0.1) is 0 Å². The number of likely N-dealkylation sites (tertiary alicyclic amines) is 1. The molecule has 0 aromatic carbocycles. The molecule has 1 aliphatic carbocycles. The van der Waals surface area contributed by atoms with Crippen molar-refractivity contribution in [1.82, 2.24) is 10.2 Å². The number of amides is 2. The molecule has 20 heavy (non-hydrogen) atoms. The highest BCUT2D eigenvalue weighted by atomic mass is 16.4. The molecule has 1 atom stereocenters. The number of piperidine rings is 1. The van der Waals surface area contributed by atoms with Gasteiger partial charge in [0, 0.05) is 6.54 Å². The molecule has 2 aliphatic rings. The van der Waals surface area contributed by atoms with E-state index < -0.39 is 17.1 Å². The number of hydrogen-bond acceptors (Lipinski definition) is 3. The quantitative estimate of drug-likeness (QED) is 0.713. The second-order valence-electron chi connectivity index (χ2n) is 6.40. The molecule has 2 fully saturated rings. The molecule has 1 unspecified atom stereocenters. The molecule has 0 bridgehead atoms. The molecule has 1 aliphatic heterocycles. The number of nitrogens with one attached hydrogen (secondary N) is 1. The van der Waals surface area contributed by atoms with Crippen LogP contribution in [0.2, 0.25) is 0 Å². The van der Waals surface area contributed by atoms with Gasteiger partial charge in [0.25, 0.3) is 0 Å². The highest BCUT2D eigenvalue weighted by molar-refractivity contribution is 5.86. The number of carboxylic acid groups (broad SMARTS) is 1. The number of hydrogen-bond donors (Lipinski definition) is 3. The predicted molar refractivity (Wildman–Crippen MR) is 73.4 cm³/mol. The third-order valence-corrected chi connectivity index (χ3v) is 4.42. The lowest BCUT2D eigenvalue weighted by Gasteiger charge is -2.40. The number of aliphatic carboxylic acids is 1. The van der Waals surface area contributed by atoms with Crippen molar-refractivity contribution in [3.8, 4) is 0 Å². The van der Waals surface area contributed by atoms with E-state index in [1.54, 1.807) is 6.92 Å². The first-order valence-corrected chi connectivity index (χ1v) is 7.38. The summed E-state index contributed by atoms with van der Waals surface area (Å²) >= 11 is 0. The van der Waals surface area contributed by atoms with Crippen LogP contribution in [0.25, 0.3) is 0 Å². The van der Waals surface area contributed by atoms with Crippen molar-refractivity contribution in [1.29, 1.82) is 0 Å². The van der Waals surface area contributed by atoms with E-state index in [0.29, 0.717) is 25.8 Å². The van der Waals surface area contributed by atoms with Gasteiger partial charge >= 0.3 is 12.0 Å². The SMILES string of the molecule is CC1(O)CCCN(C(=O)NC2(C(=O)O)CCCCC2)C1. The van der Waals surface area contributed by atoms with Gasteiger partial charge in [-0.1, -0.05) is 19.3 Å². The summed E-state index contributed by atoms with van der Waals surface area (Å²) < 4.78 is 0. The van der Waals surface area contributed by atoms with Gasteiger partial charge in [-0.2, -0.15) is 0 Å². The van der Waals surface area contributed by atoms with E-state index in [4.69, 9.17) is 0 Å². The maximum absolute atomic E-state index is 12.3. The number of β-amino-alcohol motifs (C(OH)–C–C–N with tert-alkyl or cyclic N) is 1. The van der Waals surface area contributed by atoms with Crippen LogP contribution in [0.5, 0.6) is 0 Å². The van der Waals surface area contributed by atoms with Crippen molar-refractivity contribution in [3.05, 3.63) is 0 Å². The van der Waals surface area contributed by atoms with Gasteiger partial charge in [0.05, 0.1) is 12.1 Å². The standard InChI is InChI=1S/C14H24N2O4/c1-13(20)6-5-9-16(10-13)12(19)15-14(11(17)18)7-3-2-4-8-14/h20H,2-10H2,1H3,(H,15,19)(H,17,18). The van der Waals surface area contributed by atoms with E-state index in [1.807, 2.05) is 0 Å². The predicted octanol–water partition coefficient (Wildman–Crippen LogP) is 1.33. The van der Waals surface area contributed by atoms with E-state index in [2.05, 4.69) is 5.32 Å². The van der Waals surface area contributed by atoms with Crippen LogP contribution < -0.4 is 5.32 Å². The van der Waals surface area contributed by atoms with Crippen molar-refractivity contribution in [2.24, 2.45) is 0 Å². The summed E-state index contributed by atoms with van der Waals surface area (Å²) in [4.78, 5) is 25.4. The molecule has 2 amide bonds. The molecule has 3 N–H and O–H groups in total. The number of aliphatic hydroxyl groups is 1. The second kappa shape index (κ2) is 5.60. The van der Waals surface area contributed by atoms with Gasteiger partial charge in [-0.05, 0) is 32.6 Å². The smallest absolute Gasteiger partial charge is 0.329 e. The Morgan fingerprint density at radius 2 is 1.75 bits per heavy atom. The Labute approximate surface area is 119 Å². The molecule has 6 heteroatoms. The number of rotatable bonds is 2. The zero-order valence-electron chi connectivity index (χ0n) is 12.0. The Morgan fingerprint density at radius 1 is 1.10 bits per heavy atom. The Balaban J connectivity index is 2.03. The number of carbonyl (C=O) groups excluding carboxylic acids is 1. The van der Waals surface area contributed by atoms with E-state index >= 15 is 0 Å². The second-order valence-corrected chi connectivity index (χ2v) is 6.40. The monoisotopic (exact) mass is 284 g/mol. The first kappa shape index (κ1) is 15.1. The molecule has 6 nitrogen and oxygen atoms in total. The zero-order chi connectivity index (χ0) is 14.8. The molecular formula is C14H24N2O4. The molecule has 2 rings (SSSR count). The molecule has 1 saturated carbocycles. The molecule has 0 aromatic heterocycles. The highest BCUT2D eigenvalue weighted by Gasteiger charge is 2.42. The first-order valence-electron chi connectivity index (χ1n) is 7.38. The fourth-order valence-electron chi connectivity index (χ4n) is 3.22. The normalized spacial score (nSPS) is 29.8. The third-order valence-electron chi connectivity index (χ3n) is 4.42. The van der Waals surface area contributed by atoms with Crippen LogP contribution in [0.3, 0.4) is 0 Å². The molecule has 0 spiro atoms. The Hall–Kier alpha value is -1.30. The van der Waals surface area contributed by atoms with Crippen LogP contribution in [0.4, 0.5) is 4.79 Å². The van der Waals surface area contributed by atoms with Gasteiger partial charge in [0.1, 0.15) is 5.54 Å². The summed E-state index contributed by atoms with van der Waals surface area (Å²) in [5.41, 5.74) is -2.00. The average molecular weight is 284 g/mol. The van der Waals surface area contributed by atoms with Gasteiger partial charge in [-0.25, -0.2) is 9.59 Å². The molecular weight excluding hydrogens is 260 g/mol. The van der Waals surface area contributed by atoms with Crippen molar-refractivity contribution < 1.29 is 19.8 Å². The van der Waals surface area contributed by atoms with Gasteiger partial charge in [0.2, 0.25) is 0 Å². The van der Waals surface area contributed by atoms with E-state index in [0.717, 1.165) is 25.7 Å². The summed E-state index contributed by atoms with van der Waals surface area (Å²) in [6, 6.07) is -0.366. The summed E-state index contributed by atoms with van der Waals surface area (Å²) in [7, 11) is 0. The van der Waals surface area contributed by atoms with E-state index in [-0.39, 0.29) is 12.6 Å². The van der Waals surface area contributed by atoms with Gasteiger partial charge in [-0.3, -0.25) is 0 Å². The van der Waals surface area contributed by atoms with Crippen LogP contribution in [-0.4, -0.2) is 51.3 Å². The lowest BCUT2D eigenvalue weighted by molar-refractivity contribution is -0.146. The van der Waals surface area contributed by atoms with E-state index in [9.17, 15) is 19.8 Å². The Bertz CT molecular complexity index is 389. The Kier molecular flexibility index (Phi) is 4.22. The van der Waals surface area contributed by atoms with Crippen molar-refractivity contribution in [2.45, 2.75) is 63.0 Å². The lowest BCUT2D eigenvalue weighted by atomic mass is 9.82. The number of nitrogens with zero attached hydrogens (tertiary/aromatic N) is 1. The third kappa shape index (κ3) is 3.23. The van der Waals surface area contributed by atoms with Crippen molar-refractivity contribution >= 4 is 12.0 Å². The van der Waals surface area contributed by atoms with Crippen LogP contribution in [0.1, 0.15) is 51.9 Å². The number of carboxylic acids is 1. The van der Waals surface area contributed by atoms with E-state index in [1.165, 1.54) is 4.90 Å². The fourth-order valence-corrected chi connectivity index (χ4v) is 3.22. The highest BCUT2D eigenvalue weighted by Crippen LogP contribution is 2.29. The van der Waals surface area contributed by atoms with Crippen molar-refractivity contribution in [2.75, 3.05) is 13.1 Å². The minimum absolute atomic E-state index is 0.258. The summed E-state index contributed by atoms with van der Waals surface area (Å²) in [6.07, 6.45) is 5.04. The van der Waals surface area contributed by atoms with Crippen LogP contribution in [-0.2, 0) is 4.79 Å². The first-order chi connectivity index (χ1) is 9.35. The Morgan fingerprint density at radius 3 is 2.30 bits per heavy atom. The molecule has 1 heterocycles. The topological polar surface area (TPSA) is 89.9 Å². The van der Waals surface area contributed by atoms with Crippen LogP contribution >= 0.6 is 0 Å². The summed E-state index contributed by atoms with van der Waals surface area (Å²) in [6.45, 7) is 2.53. The summed E-state index contributed by atoms with van der Waals surface area (Å²) in [5.74, 6) is -0.950. The maximum Gasteiger partial charge on any atom is 0.329 e. The lowest BCUT2D eigenvalue weighted by Crippen LogP contribution is -2.61. The van der Waals surface area contributed by atoms with Gasteiger partial charge < -0.3 is 20.4 Å². The molecule has 0 radical (unpaired) electrons. The largest absolute Gasteiger partial charge is 0.480 e. The van der Waals surface area contributed by atoms with Gasteiger partial charge in [-0.15, -0.1) is 0 Å².